The largest absolute Gasteiger partial charge is 0.460 e. The van der Waals surface area contributed by atoms with Crippen LogP contribution in [-0.2, 0) is 0 Å². The van der Waals surface area contributed by atoms with Crippen LogP contribution in [0, 0.1) is 10.1 Å². The van der Waals surface area contributed by atoms with Crippen LogP contribution < -0.4 is 14.9 Å². The first kappa shape index (κ1) is 21.4. The Morgan fingerprint density at radius 3 is 2.50 bits per heavy atom. The summed E-state index contributed by atoms with van der Waals surface area (Å²) in [6.07, 6.45) is 1.12. The number of nitrogens with zero attached hydrogens (tertiary/aromatic N) is 1. The summed E-state index contributed by atoms with van der Waals surface area (Å²) < 4.78 is 16.3. The van der Waals surface area contributed by atoms with E-state index in [0.717, 1.165) is 12.3 Å². The number of hydrogen-bond donors (Lipinski definition) is 0. The molecule has 1 aromatic heterocycles. The van der Waals surface area contributed by atoms with Crippen molar-refractivity contribution in [3.63, 3.8) is 0 Å². The molecule has 160 valence electrons. The van der Waals surface area contributed by atoms with E-state index >= 15 is 0 Å². The molecule has 4 rings (SSSR count). The first-order valence-corrected chi connectivity index (χ1v) is 9.73. The van der Waals surface area contributed by atoms with Crippen LogP contribution in [0.2, 0.25) is 10.0 Å². The second-order valence-electron chi connectivity index (χ2n) is 6.43. The summed E-state index contributed by atoms with van der Waals surface area (Å²) in [5, 5.41) is 11.4. The van der Waals surface area contributed by atoms with Crippen LogP contribution in [0.1, 0.15) is 10.4 Å². The highest BCUT2D eigenvalue weighted by atomic mass is 35.5. The normalized spacial score (nSPS) is 10.7. The monoisotopic (exact) mass is 471 g/mol. The molecule has 0 spiro atoms. The molecule has 32 heavy (non-hydrogen) atoms. The van der Waals surface area contributed by atoms with Crippen LogP contribution in [0.15, 0.2) is 76.1 Å². The number of hydrogen-bond acceptors (Lipinski definition) is 7. The van der Waals surface area contributed by atoms with Gasteiger partial charge in [-0.1, -0.05) is 35.3 Å². The number of non-ortho nitro benzene ring substituents is 1. The first-order chi connectivity index (χ1) is 15.3. The Hall–Kier alpha value is -3.88. The van der Waals surface area contributed by atoms with Crippen molar-refractivity contribution in [1.82, 2.24) is 0 Å². The van der Waals surface area contributed by atoms with Crippen molar-refractivity contribution < 1.29 is 23.6 Å². The molecule has 0 saturated heterocycles. The Bertz CT molecular complexity index is 1430. The highest BCUT2D eigenvalue weighted by molar-refractivity contribution is 6.33. The number of para-hydroxylation sites is 1. The first-order valence-electron chi connectivity index (χ1n) is 8.97. The molecule has 8 nitrogen and oxygen atoms in total. The SMILES string of the molecule is O=C(Oc1ccc2c(=O)c(Oc3ccccc3Cl)coc2c1)c1cc([N+](=O)[O-])ccc1Cl. The van der Waals surface area contributed by atoms with E-state index in [1.807, 2.05) is 0 Å². The Kier molecular flexibility index (Phi) is 5.81. The Labute approximate surface area is 189 Å². The van der Waals surface area contributed by atoms with Gasteiger partial charge in [0.2, 0.25) is 11.2 Å². The van der Waals surface area contributed by atoms with E-state index in [-0.39, 0.29) is 38.7 Å². The lowest BCUT2D eigenvalue weighted by atomic mass is 10.2. The summed E-state index contributed by atoms with van der Waals surface area (Å²) in [7, 11) is 0. The van der Waals surface area contributed by atoms with Gasteiger partial charge in [-0.2, -0.15) is 0 Å². The van der Waals surface area contributed by atoms with Crippen LogP contribution in [0.3, 0.4) is 0 Å². The lowest BCUT2D eigenvalue weighted by molar-refractivity contribution is -0.384. The van der Waals surface area contributed by atoms with Crippen molar-refractivity contribution in [1.29, 1.82) is 0 Å². The molecule has 3 aromatic carbocycles. The predicted molar refractivity (Wildman–Crippen MR) is 117 cm³/mol. The summed E-state index contributed by atoms with van der Waals surface area (Å²) in [6, 6.07) is 14.2. The maximum absolute atomic E-state index is 12.7. The molecule has 0 radical (unpaired) electrons. The highest BCUT2D eigenvalue weighted by Gasteiger charge is 2.19. The van der Waals surface area contributed by atoms with Crippen LogP contribution in [-0.4, -0.2) is 10.9 Å². The molecular weight excluding hydrogens is 461 g/mol. The fraction of sp³-hybridized carbons (Fsp3) is 0. The number of carbonyl (C=O) groups excluding carboxylic acids is 1. The minimum Gasteiger partial charge on any atom is -0.460 e. The standard InChI is InChI=1S/C22H11Cl2NO7/c23-16-8-5-12(25(28)29)9-15(16)22(27)31-13-6-7-14-19(10-13)30-11-20(21(14)26)32-18-4-2-1-3-17(18)24/h1-11H. The molecule has 0 bridgehead atoms. The Morgan fingerprint density at radius 2 is 1.75 bits per heavy atom. The molecule has 0 N–H and O–H groups in total. The molecule has 4 aromatic rings. The smallest absolute Gasteiger partial charge is 0.345 e. The molecular formula is C22H11Cl2NO7. The maximum atomic E-state index is 12.7. The third kappa shape index (κ3) is 4.27. The van der Waals surface area contributed by atoms with Gasteiger partial charge >= 0.3 is 5.97 Å². The van der Waals surface area contributed by atoms with Crippen LogP contribution in [0.5, 0.6) is 17.2 Å². The number of nitro groups is 1. The predicted octanol–water partition coefficient (Wildman–Crippen LogP) is 6.02. The maximum Gasteiger partial charge on any atom is 0.345 e. The third-order valence-electron chi connectivity index (χ3n) is 4.36. The zero-order chi connectivity index (χ0) is 22.8. The number of benzene rings is 3. The van der Waals surface area contributed by atoms with Crippen molar-refractivity contribution in [3.05, 3.63) is 103 Å². The number of halogens is 2. The molecule has 0 amide bonds. The van der Waals surface area contributed by atoms with E-state index in [1.165, 1.54) is 30.3 Å². The average molecular weight is 472 g/mol. The van der Waals surface area contributed by atoms with Gasteiger partial charge in [0.25, 0.3) is 5.69 Å². The number of fused-ring (bicyclic) bond motifs is 1. The van der Waals surface area contributed by atoms with E-state index in [0.29, 0.717) is 10.8 Å². The third-order valence-corrected chi connectivity index (χ3v) is 5.00. The quantitative estimate of drug-likeness (QED) is 0.151. The minimum atomic E-state index is -0.904. The van der Waals surface area contributed by atoms with Gasteiger partial charge in [0, 0.05) is 18.2 Å². The molecule has 0 atom stereocenters. The molecule has 10 heteroatoms. The number of rotatable bonds is 5. The Balaban J connectivity index is 1.61. The summed E-state index contributed by atoms with van der Waals surface area (Å²) in [5.74, 6) is -0.633. The molecule has 0 aliphatic carbocycles. The summed E-state index contributed by atoms with van der Waals surface area (Å²) in [5.41, 5.74) is -0.800. The molecule has 0 aliphatic heterocycles. The van der Waals surface area contributed by atoms with E-state index in [4.69, 9.17) is 37.1 Å². The molecule has 0 aliphatic rings. The van der Waals surface area contributed by atoms with Gasteiger partial charge in [0.1, 0.15) is 23.3 Å². The summed E-state index contributed by atoms with van der Waals surface area (Å²) in [4.78, 5) is 35.5. The summed E-state index contributed by atoms with van der Waals surface area (Å²) in [6.45, 7) is 0. The molecule has 0 unspecified atom stereocenters. The van der Waals surface area contributed by atoms with Crippen LogP contribution in [0.25, 0.3) is 11.0 Å². The second-order valence-corrected chi connectivity index (χ2v) is 7.24. The van der Waals surface area contributed by atoms with Gasteiger partial charge in [0.05, 0.1) is 25.9 Å². The van der Waals surface area contributed by atoms with Crippen molar-refractivity contribution >= 4 is 45.8 Å². The van der Waals surface area contributed by atoms with Crippen molar-refractivity contribution in [3.8, 4) is 17.2 Å². The van der Waals surface area contributed by atoms with Gasteiger partial charge in [0.15, 0.2) is 0 Å². The van der Waals surface area contributed by atoms with Crippen LogP contribution >= 0.6 is 23.2 Å². The topological polar surface area (TPSA) is 109 Å². The van der Waals surface area contributed by atoms with Gasteiger partial charge in [-0.15, -0.1) is 0 Å². The lowest BCUT2D eigenvalue weighted by Crippen LogP contribution is -2.10. The Morgan fingerprint density at radius 1 is 0.969 bits per heavy atom. The molecule has 1 heterocycles. The number of ether oxygens (including phenoxy) is 2. The highest BCUT2D eigenvalue weighted by Crippen LogP contribution is 2.29. The number of nitro benzene ring substituents is 1. The minimum absolute atomic E-state index is 0.00529. The van der Waals surface area contributed by atoms with E-state index in [1.54, 1.807) is 24.3 Å². The van der Waals surface area contributed by atoms with Gasteiger partial charge in [-0.3, -0.25) is 14.9 Å². The van der Waals surface area contributed by atoms with Crippen molar-refractivity contribution in [2.24, 2.45) is 0 Å². The van der Waals surface area contributed by atoms with Gasteiger partial charge in [-0.05, 0) is 30.3 Å². The van der Waals surface area contributed by atoms with Crippen molar-refractivity contribution in [2.45, 2.75) is 0 Å². The second kappa shape index (κ2) is 8.70. The zero-order valence-corrected chi connectivity index (χ0v) is 17.4. The van der Waals surface area contributed by atoms with Crippen molar-refractivity contribution in [2.75, 3.05) is 0 Å². The fourth-order valence-corrected chi connectivity index (χ4v) is 3.19. The van der Waals surface area contributed by atoms with Gasteiger partial charge < -0.3 is 13.9 Å². The van der Waals surface area contributed by atoms with E-state index in [2.05, 4.69) is 0 Å². The lowest BCUT2D eigenvalue weighted by Gasteiger charge is -2.08. The fourth-order valence-electron chi connectivity index (χ4n) is 2.82. The average Bonchev–Trinajstić information content (AvgIpc) is 2.77. The molecule has 0 saturated carbocycles. The van der Waals surface area contributed by atoms with E-state index < -0.39 is 16.3 Å². The zero-order valence-electron chi connectivity index (χ0n) is 15.9. The van der Waals surface area contributed by atoms with Crippen LogP contribution in [0.4, 0.5) is 5.69 Å². The number of esters is 1. The molecule has 0 fully saturated rings. The summed E-state index contributed by atoms with van der Waals surface area (Å²) >= 11 is 12.0. The van der Waals surface area contributed by atoms with Gasteiger partial charge in [-0.25, -0.2) is 4.79 Å². The van der Waals surface area contributed by atoms with E-state index in [9.17, 15) is 19.7 Å². The number of carbonyl (C=O) groups is 1.